The topological polar surface area (TPSA) is 42.9 Å². The Morgan fingerprint density at radius 3 is 2.00 bits per heavy atom. The fourth-order valence-electron chi connectivity index (χ4n) is 3.76. The molecule has 0 bridgehead atoms. The van der Waals surface area contributed by atoms with Crippen LogP contribution in [0.1, 0.15) is 0 Å². The lowest BCUT2D eigenvalue weighted by atomic mass is 10.1. The van der Waals surface area contributed by atoms with Crippen molar-refractivity contribution in [2.75, 3.05) is 0 Å². The number of hydrogen-bond acceptors (Lipinski definition) is 3. The molecule has 0 aliphatic heterocycles. The van der Waals surface area contributed by atoms with E-state index in [9.17, 15) is 4.57 Å². The molecule has 144 valence electrons. The molecule has 0 spiro atoms. The summed E-state index contributed by atoms with van der Waals surface area (Å²) in [6, 6.07) is 33.8. The Kier molecular flexibility index (Phi) is 4.74. The standard InChI is InChI=1S/C26H19N2OP/c29-30(23-8-2-1-3-9-23,25-15-10-20-6-4-5-7-22(20)18-25)24-13-11-21(12-14-24)26-16-17-27-19-28-26/h1-19H. The summed E-state index contributed by atoms with van der Waals surface area (Å²) >= 11 is 0. The lowest BCUT2D eigenvalue weighted by Gasteiger charge is -2.21. The van der Waals surface area contributed by atoms with E-state index < -0.39 is 7.14 Å². The van der Waals surface area contributed by atoms with E-state index in [4.69, 9.17) is 0 Å². The SMILES string of the molecule is O=P(c1ccccc1)(c1ccc(-c2ccncn2)cc1)c1ccc2ccccc2c1. The first-order valence-corrected chi connectivity index (χ1v) is 11.5. The van der Waals surface area contributed by atoms with Crippen LogP contribution in [0.15, 0.2) is 116 Å². The summed E-state index contributed by atoms with van der Waals surface area (Å²) < 4.78 is 14.7. The second-order valence-corrected chi connectivity index (χ2v) is 9.89. The number of rotatable bonds is 4. The van der Waals surface area contributed by atoms with E-state index in [1.165, 1.54) is 6.33 Å². The van der Waals surface area contributed by atoms with Gasteiger partial charge in [-0.15, -0.1) is 0 Å². The number of nitrogens with zero attached hydrogens (tertiary/aromatic N) is 2. The molecule has 0 saturated carbocycles. The zero-order valence-corrected chi connectivity index (χ0v) is 17.1. The molecule has 0 N–H and O–H groups in total. The summed E-state index contributed by atoms with van der Waals surface area (Å²) in [6.45, 7) is 0. The van der Waals surface area contributed by atoms with E-state index in [-0.39, 0.29) is 0 Å². The van der Waals surface area contributed by atoms with Crippen molar-refractivity contribution >= 4 is 33.8 Å². The van der Waals surface area contributed by atoms with E-state index in [1.807, 2.05) is 78.9 Å². The van der Waals surface area contributed by atoms with E-state index in [0.29, 0.717) is 0 Å². The average molecular weight is 406 g/mol. The molecule has 0 amide bonds. The van der Waals surface area contributed by atoms with Crippen LogP contribution in [0, 0.1) is 0 Å². The van der Waals surface area contributed by atoms with Crippen LogP contribution < -0.4 is 15.9 Å². The number of fused-ring (bicyclic) bond motifs is 1. The Labute approximate surface area is 175 Å². The third-order valence-electron chi connectivity index (χ3n) is 5.33. The smallest absolute Gasteiger partial charge is 0.171 e. The highest BCUT2D eigenvalue weighted by Gasteiger charge is 2.29. The van der Waals surface area contributed by atoms with Crippen LogP contribution in [-0.2, 0) is 4.57 Å². The van der Waals surface area contributed by atoms with E-state index >= 15 is 0 Å². The molecular weight excluding hydrogens is 387 g/mol. The fourth-order valence-corrected chi connectivity index (χ4v) is 6.42. The predicted molar refractivity (Wildman–Crippen MR) is 124 cm³/mol. The monoisotopic (exact) mass is 406 g/mol. The van der Waals surface area contributed by atoms with Gasteiger partial charge in [-0.1, -0.05) is 91.0 Å². The van der Waals surface area contributed by atoms with Gasteiger partial charge in [0.1, 0.15) is 6.33 Å². The summed E-state index contributed by atoms with van der Waals surface area (Å²) in [4.78, 5) is 8.29. The molecule has 1 atom stereocenters. The third kappa shape index (κ3) is 3.24. The zero-order valence-electron chi connectivity index (χ0n) is 16.2. The molecule has 1 aromatic heterocycles. The van der Waals surface area contributed by atoms with E-state index in [1.54, 1.807) is 6.20 Å². The summed E-state index contributed by atoms with van der Waals surface area (Å²) in [5.74, 6) is 0. The highest BCUT2D eigenvalue weighted by atomic mass is 31.2. The maximum Gasteiger partial charge on any atom is 0.171 e. The molecule has 0 aliphatic rings. The molecule has 4 aromatic carbocycles. The quantitative estimate of drug-likeness (QED) is 0.397. The normalized spacial score (nSPS) is 13.1. The van der Waals surface area contributed by atoms with Gasteiger partial charge in [-0.25, -0.2) is 9.97 Å². The van der Waals surface area contributed by atoms with Crippen molar-refractivity contribution < 1.29 is 4.57 Å². The molecule has 5 aromatic rings. The Morgan fingerprint density at radius 2 is 1.27 bits per heavy atom. The van der Waals surface area contributed by atoms with Gasteiger partial charge in [-0.05, 0) is 22.9 Å². The Bertz CT molecular complexity index is 1350. The van der Waals surface area contributed by atoms with Gasteiger partial charge in [-0.3, -0.25) is 0 Å². The molecule has 0 fully saturated rings. The molecule has 30 heavy (non-hydrogen) atoms. The minimum absolute atomic E-state index is 0.807. The zero-order chi connectivity index (χ0) is 20.4. The van der Waals surface area contributed by atoms with Gasteiger partial charge in [0.25, 0.3) is 0 Å². The molecule has 1 heterocycles. The minimum Gasteiger partial charge on any atom is -0.309 e. The summed E-state index contributed by atoms with van der Waals surface area (Å²) in [5, 5.41) is 4.70. The van der Waals surface area contributed by atoms with Crippen LogP contribution in [0.4, 0.5) is 0 Å². The third-order valence-corrected chi connectivity index (χ3v) is 8.38. The van der Waals surface area contributed by atoms with Gasteiger partial charge in [0, 0.05) is 27.7 Å². The van der Waals surface area contributed by atoms with Crippen molar-refractivity contribution in [1.82, 2.24) is 9.97 Å². The van der Waals surface area contributed by atoms with Crippen molar-refractivity contribution in [2.24, 2.45) is 0 Å². The van der Waals surface area contributed by atoms with Crippen LogP contribution in [-0.4, -0.2) is 9.97 Å². The predicted octanol–water partition coefficient (Wildman–Crippen LogP) is 4.94. The van der Waals surface area contributed by atoms with Crippen molar-refractivity contribution in [3.8, 4) is 11.3 Å². The van der Waals surface area contributed by atoms with Gasteiger partial charge in [0.15, 0.2) is 7.14 Å². The maximum absolute atomic E-state index is 14.7. The summed E-state index contributed by atoms with van der Waals surface area (Å²) in [5.41, 5.74) is 1.82. The Balaban J connectivity index is 1.68. The van der Waals surface area contributed by atoms with Crippen LogP contribution in [0.3, 0.4) is 0 Å². The van der Waals surface area contributed by atoms with Gasteiger partial charge in [0.2, 0.25) is 0 Å². The van der Waals surface area contributed by atoms with E-state index in [2.05, 4.69) is 34.2 Å². The molecule has 0 saturated heterocycles. The van der Waals surface area contributed by atoms with Gasteiger partial charge in [0.05, 0.1) is 5.69 Å². The molecule has 1 unspecified atom stereocenters. The second kappa shape index (κ2) is 7.70. The van der Waals surface area contributed by atoms with E-state index in [0.717, 1.165) is 37.9 Å². The highest BCUT2D eigenvalue weighted by Crippen LogP contribution is 2.43. The van der Waals surface area contributed by atoms with Gasteiger partial charge >= 0.3 is 0 Å². The van der Waals surface area contributed by atoms with Crippen LogP contribution >= 0.6 is 7.14 Å². The maximum atomic E-state index is 14.7. The minimum atomic E-state index is -3.02. The first-order chi connectivity index (χ1) is 14.7. The second-order valence-electron chi connectivity index (χ2n) is 7.12. The fraction of sp³-hybridized carbons (Fsp3) is 0. The number of benzene rings is 4. The van der Waals surface area contributed by atoms with Crippen LogP contribution in [0.2, 0.25) is 0 Å². The molecular formula is C26H19N2OP. The van der Waals surface area contributed by atoms with Gasteiger partial charge in [-0.2, -0.15) is 0 Å². The molecule has 4 heteroatoms. The Morgan fingerprint density at radius 1 is 0.600 bits per heavy atom. The molecule has 0 aliphatic carbocycles. The molecule has 3 nitrogen and oxygen atoms in total. The first-order valence-electron chi connectivity index (χ1n) is 9.77. The Hall–Kier alpha value is -3.55. The summed E-state index contributed by atoms with van der Waals surface area (Å²) in [6.07, 6.45) is 3.26. The largest absolute Gasteiger partial charge is 0.309 e. The lowest BCUT2D eigenvalue weighted by Crippen LogP contribution is -2.25. The highest BCUT2D eigenvalue weighted by molar-refractivity contribution is 7.85. The van der Waals surface area contributed by atoms with Crippen molar-refractivity contribution in [2.45, 2.75) is 0 Å². The number of hydrogen-bond donors (Lipinski definition) is 0. The average Bonchev–Trinajstić information content (AvgIpc) is 2.84. The molecule has 5 rings (SSSR count). The van der Waals surface area contributed by atoms with Crippen molar-refractivity contribution in [1.29, 1.82) is 0 Å². The number of aromatic nitrogens is 2. The van der Waals surface area contributed by atoms with Crippen LogP contribution in [0.25, 0.3) is 22.0 Å². The van der Waals surface area contributed by atoms with Crippen molar-refractivity contribution in [3.63, 3.8) is 0 Å². The molecule has 0 radical (unpaired) electrons. The van der Waals surface area contributed by atoms with Gasteiger partial charge < -0.3 is 4.57 Å². The van der Waals surface area contributed by atoms with Crippen molar-refractivity contribution in [3.05, 3.63) is 116 Å². The lowest BCUT2D eigenvalue weighted by molar-refractivity contribution is 0.592. The van der Waals surface area contributed by atoms with Crippen LogP contribution in [0.5, 0.6) is 0 Å². The summed E-state index contributed by atoms with van der Waals surface area (Å²) in [7, 11) is -3.02. The first kappa shape index (κ1) is 18.5.